The van der Waals surface area contributed by atoms with Crippen molar-refractivity contribution >= 4 is 32.3 Å². The van der Waals surface area contributed by atoms with Crippen LogP contribution in [0, 0.1) is 0 Å². The fourth-order valence-corrected chi connectivity index (χ4v) is 27.5. The van der Waals surface area contributed by atoms with Crippen molar-refractivity contribution in [1.82, 2.24) is 0 Å². The third-order valence-electron chi connectivity index (χ3n) is 4.40. The molecule has 0 heterocycles. The molecule has 0 amide bonds. The van der Waals surface area contributed by atoms with Crippen LogP contribution < -0.4 is 18.9 Å². The van der Waals surface area contributed by atoms with E-state index in [1.54, 1.807) is 0 Å². The number of hydrogen-bond donors (Lipinski definition) is 0. The van der Waals surface area contributed by atoms with E-state index in [-0.39, 0.29) is 34.7 Å². The molecular weight excluding hydrogens is 355 g/mol. The summed E-state index contributed by atoms with van der Waals surface area (Å²) in [6.07, 6.45) is 0. The van der Waals surface area contributed by atoms with E-state index in [1.807, 2.05) is 0 Å². The Hall–Kier alpha value is 1.85. The Morgan fingerprint density at radius 3 is 0.958 bits per heavy atom. The summed E-state index contributed by atoms with van der Waals surface area (Å²) >= 11 is 0. The fourth-order valence-electron chi connectivity index (χ4n) is 3.71. The first-order valence-electron chi connectivity index (χ1n) is 9.44. The van der Waals surface area contributed by atoms with Crippen molar-refractivity contribution in [3.8, 4) is 0 Å². The van der Waals surface area contributed by atoms with Crippen LogP contribution in [-0.4, -0.2) is 50.7 Å². The molecule has 0 fully saturated rings. The molecule has 0 aromatic heterocycles. The van der Waals surface area contributed by atoms with Crippen molar-refractivity contribution in [3.63, 3.8) is 0 Å². The van der Waals surface area contributed by atoms with E-state index in [9.17, 15) is 0 Å². The Bertz CT molecular complexity index is 300. The first-order valence-corrected chi connectivity index (χ1v) is 19.1. The fraction of sp³-hybridized carbons (Fsp3) is 1.00. The zero-order chi connectivity index (χ0) is 18.6. The number of nitrogens with zero attached hydrogens (tertiary/aromatic N) is 1. The van der Waals surface area contributed by atoms with Crippen LogP contribution in [0.4, 0.5) is 0 Å². The van der Waals surface area contributed by atoms with Gasteiger partial charge in [-0.25, -0.2) is 0 Å². The largest absolute Gasteiger partial charge is 1.00 e. The summed E-state index contributed by atoms with van der Waals surface area (Å²) < 4.78 is 5.66. The second-order valence-electron chi connectivity index (χ2n) is 9.46. The van der Waals surface area contributed by atoms with Crippen molar-refractivity contribution in [2.45, 2.75) is 104 Å². The van der Waals surface area contributed by atoms with Crippen LogP contribution >= 0.6 is 15.8 Å². The summed E-state index contributed by atoms with van der Waals surface area (Å²) in [5.41, 5.74) is 3.39. The molecule has 0 saturated carbocycles. The van der Waals surface area contributed by atoms with Crippen LogP contribution in [0.5, 0.6) is 0 Å². The summed E-state index contributed by atoms with van der Waals surface area (Å²) in [4.78, 5) is 0. The molecular formula is C18H44LiNP2Si2. The summed E-state index contributed by atoms with van der Waals surface area (Å²) in [5, 5.41) is 0. The van der Waals surface area contributed by atoms with E-state index in [4.69, 9.17) is 4.65 Å². The van der Waals surface area contributed by atoms with Gasteiger partial charge in [0.25, 0.3) is 0 Å². The molecule has 0 N–H and O–H groups in total. The van der Waals surface area contributed by atoms with Gasteiger partial charge in [-0.3, -0.25) is 0 Å². The zero-order valence-corrected chi connectivity index (χ0v) is 22.9. The summed E-state index contributed by atoms with van der Waals surface area (Å²) in [6, 6.07) is 0. The maximum absolute atomic E-state index is 5.66. The van der Waals surface area contributed by atoms with Crippen LogP contribution in [-0.2, 0) is 0 Å². The second kappa shape index (κ2) is 11.6. The molecule has 0 unspecified atom stereocenters. The minimum Gasteiger partial charge on any atom is -0.667 e. The van der Waals surface area contributed by atoms with E-state index in [1.165, 1.54) is 11.6 Å². The number of hydrogen-bond acceptors (Lipinski definition) is 0. The molecule has 0 aromatic rings. The molecule has 0 rings (SSSR count). The van der Waals surface area contributed by atoms with Gasteiger partial charge in [0.1, 0.15) is 0 Å². The molecule has 0 radical (unpaired) electrons. The van der Waals surface area contributed by atoms with Gasteiger partial charge in [-0.1, -0.05) is 110 Å². The molecule has 6 heteroatoms. The second-order valence-corrected chi connectivity index (χ2v) is 26.3. The standard InChI is InChI=1S/C18H44NP2Si2.Li/c1-15(2)20(16(3)4)13-22(9,10)19-23(11,12)14-21(17(5)6)18(7)8;/h15-18H,13-14H2,1-12H3;/q-1;+1. The third-order valence-corrected chi connectivity index (χ3v) is 23.7. The zero-order valence-electron chi connectivity index (χ0n) is 19.1. The van der Waals surface area contributed by atoms with Gasteiger partial charge in [-0.2, -0.15) is 0 Å². The molecule has 140 valence electrons. The molecule has 0 spiro atoms. The monoisotopic (exact) mass is 399 g/mol. The molecule has 0 aliphatic rings. The van der Waals surface area contributed by atoms with Crippen molar-refractivity contribution in [2.75, 3.05) is 11.6 Å². The van der Waals surface area contributed by atoms with Gasteiger partial charge >= 0.3 is 18.9 Å². The normalized spacial score (nSPS) is 13.8. The maximum atomic E-state index is 5.66. The van der Waals surface area contributed by atoms with E-state index < -0.39 is 16.5 Å². The van der Waals surface area contributed by atoms with Crippen molar-refractivity contribution in [2.24, 2.45) is 0 Å². The number of rotatable bonds is 10. The van der Waals surface area contributed by atoms with E-state index in [0.29, 0.717) is 0 Å². The SMILES string of the molecule is CC(C)P(C[Si](C)(C)[N-][Si](C)(C)CP(C(C)C)C(C)C)C(C)C.[Li+]. The van der Waals surface area contributed by atoms with Gasteiger partial charge in [0.2, 0.25) is 0 Å². The molecule has 1 nitrogen and oxygen atoms in total. The van der Waals surface area contributed by atoms with Gasteiger partial charge in [-0.15, -0.1) is 15.8 Å². The van der Waals surface area contributed by atoms with Gasteiger partial charge in [0.15, 0.2) is 0 Å². The minimum atomic E-state index is -1.44. The molecule has 24 heavy (non-hydrogen) atoms. The quantitative estimate of drug-likeness (QED) is 0.381. The summed E-state index contributed by atoms with van der Waals surface area (Å²) in [5.74, 6) is 2.88. The average Bonchev–Trinajstić information content (AvgIpc) is 2.30. The van der Waals surface area contributed by atoms with Gasteiger partial charge in [0, 0.05) is 0 Å². The Balaban J connectivity index is 0. The van der Waals surface area contributed by atoms with Gasteiger partial charge in [0.05, 0.1) is 0 Å². The Kier molecular flexibility index (Phi) is 13.6. The first kappa shape index (κ1) is 28.1. The summed E-state index contributed by atoms with van der Waals surface area (Å²) in [7, 11) is -2.61. The third kappa shape index (κ3) is 10.9. The van der Waals surface area contributed by atoms with E-state index in [0.717, 1.165) is 22.6 Å². The van der Waals surface area contributed by atoms with Gasteiger partial charge < -0.3 is 4.65 Å². The summed E-state index contributed by atoms with van der Waals surface area (Å²) in [6.45, 7) is 29.6. The predicted molar refractivity (Wildman–Crippen MR) is 122 cm³/mol. The van der Waals surface area contributed by atoms with Crippen LogP contribution in [0.2, 0.25) is 26.2 Å². The van der Waals surface area contributed by atoms with Crippen LogP contribution in [0.1, 0.15) is 55.4 Å². The molecule has 0 aromatic carbocycles. The van der Waals surface area contributed by atoms with Gasteiger partial charge in [-0.05, 0) is 22.6 Å². The van der Waals surface area contributed by atoms with Crippen LogP contribution in [0.3, 0.4) is 0 Å². The smallest absolute Gasteiger partial charge is 0.667 e. The predicted octanol–water partition coefficient (Wildman–Crippen LogP) is 4.45. The van der Waals surface area contributed by atoms with Crippen molar-refractivity contribution in [1.29, 1.82) is 0 Å². The van der Waals surface area contributed by atoms with Crippen molar-refractivity contribution in [3.05, 3.63) is 4.65 Å². The van der Waals surface area contributed by atoms with Crippen LogP contribution in [0.15, 0.2) is 0 Å². The minimum absolute atomic E-state index is 0. The molecule has 0 bridgehead atoms. The Morgan fingerprint density at radius 2 is 0.792 bits per heavy atom. The average molecular weight is 400 g/mol. The topological polar surface area (TPSA) is 14.1 Å². The molecule has 0 atom stereocenters. The molecule has 0 saturated heterocycles. The maximum Gasteiger partial charge on any atom is 1.00 e. The Labute approximate surface area is 171 Å². The first-order chi connectivity index (χ1) is 10.2. The van der Waals surface area contributed by atoms with E-state index in [2.05, 4.69) is 81.6 Å². The molecule has 0 aliphatic carbocycles. The van der Waals surface area contributed by atoms with Crippen molar-refractivity contribution < 1.29 is 18.9 Å². The molecule has 0 aliphatic heterocycles. The van der Waals surface area contributed by atoms with E-state index >= 15 is 0 Å². The van der Waals surface area contributed by atoms with Crippen LogP contribution in [0.25, 0.3) is 4.65 Å². The Morgan fingerprint density at radius 1 is 0.583 bits per heavy atom.